The van der Waals surface area contributed by atoms with Crippen molar-refractivity contribution in [2.24, 2.45) is 0 Å². The van der Waals surface area contributed by atoms with Crippen molar-refractivity contribution in [2.75, 3.05) is 33.0 Å². The predicted molar refractivity (Wildman–Crippen MR) is 178 cm³/mol. The van der Waals surface area contributed by atoms with Crippen LogP contribution in [0, 0.1) is 0 Å². The molecule has 5 aliphatic heterocycles. The molecule has 27 heteroatoms. The number of aliphatic hydroxyl groups is 16. The van der Waals surface area contributed by atoms with Crippen LogP contribution in [-0.4, -0.2) is 274 Å². The molecule has 0 spiro atoms. The van der Waals surface area contributed by atoms with E-state index >= 15 is 0 Å². The number of amides is 1. The first-order chi connectivity index (χ1) is 27.9. The van der Waals surface area contributed by atoms with Crippen LogP contribution in [0.2, 0.25) is 0 Å². The molecule has 0 aromatic heterocycles. The number of hydrogen-bond donors (Lipinski definition) is 17. The smallest absolute Gasteiger partial charge is 0.217 e. The Morgan fingerprint density at radius 1 is 0.407 bits per heavy atom. The van der Waals surface area contributed by atoms with Crippen molar-refractivity contribution >= 4 is 5.91 Å². The summed E-state index contributed by atoms with van der Waals surface area (Å²) in [6.07, 6.45) is -44.8. The fraction of sp³-hybridized carbons (Fsp3) is 0.969. The van der Waals surface area contributed by atoms with Crippen LogP contribution in [0.5, 0.6) is 0 Å². The summed E-state index contributed by atoms with van der Waals surface area (Å²) in [7, 11) is 0. The van der Waals surface area contributed by atoms with Gasteiger partial charge in [0.25, 0.3) is 0 Å². The van der Waals surface area contributed by atoms with Crippen molar-refractivity contribution in [1.29, 1.82) is 0 Å². The number of carbonyl (C=O) groups excluding carboxylic acids is 1. The third-order valence-corrected chi connectivity index (χ3v) is 10.7. The standard InChI is InChI=1S/C32H55NO26/c1-7(39)33-13-17(43)24(56-30-22(48)18(44)14(40)8(2-34)52-30)12(6-38)55-29(13)59-27-19(45)15(41)9(3-35)54-32(27)58-26-16(42)10(4-36)53-31(23(26)49)57-25-11(5-37)51-28(50)21(47)20(25)46/h8-32,34-38,40-50H,2-6H2,1H3,(H,33,39)/t8-,9-,10-,11-,12-,13-,14+,15-,16-,17-,18+,19+,20-,21-,22-,23+,24-,25-,26+,27+,28-,29+,30+,31+,32-/m1/s1. The molecule has 0 bridgehead atoms. The van der Waals surface area contributed by atoms with Crippen molar-refractivity contribution in [1.82, 2.24) is 5.32 Å². The number of aliphatic hydroxyl groups excluding tert-OH is 16. The molecule has 59 heavy (non-hydrogen) atoms. The van der Waals surface area contributed by atoms with Crippen LogP contribution in [0.3, 0.4) is 0 Å². The Morgan fingerprint density at radius 3 is 1.36 bits per heavy atom. The maximum absolute atomic E-state index is 12.4. The van der Waals surface area contributed by atoms with Crippen molar-refractivity contribution in [3.8, 4) is 0 Å². The number of ether oxygens (including phenoxy) is 9. The Bertz CT molecular complexity index is 1320. The average molecular weight is 870 g/mol. The van der Waals surface area contributed by atoms with Gasteiger partial charge in [-0.25, -0.2) is 0 Å². The van der Waals surface area contributed by atoms with E-state index in [2.05, 4.69) is 5.32 Å². The summed E-state index contributed by atoms with van der Waals surface area (Å²) in [5, 5.41) is 170. The van der Waals surface area contributed by atoms with Gasteiger partial charge in [0.1, 0.15) is 122 Å². The predicted octanol–water partition coefficient (Wildman–Crippen LogP) is -11.8. The summed E-state index contributed by atoms with van der Waals surface area (Å²) in [4.78, 5) is 12.4. The highest BCUT2D eigenvalue weighted by Gasteiger charge is 2.57. The van der Waals surface area contributed by atoms with E-state index in [1.165, 1.54) is 0 Å². The van der Waals surface area contributed by atoms with Gasteiger partial charge in [-0.05, 0) is 0 Å². The largest absolute Gasteiger partial charge is 0.394 e. The number of nitrogens with one attached hydrogen (secondary N) is 1. The molecule has 25 atom stereocenters. The molecule has 0 unspecified atom stereocenters. The van der Waals surface area contributed by atoms with Gasteiger partial charge in [-0.3, -0.25) is 4.79 Å². The summed E-state index contributed by atoms with van der Waals surface area (Å²) in [6.45, 7) is -3.61. The second kappa shape index (κ2) is 20.8. The van der Waals surface area contributed by atoms with E-state index in [1.54, 1.807) is 0 Å². The maximum atomic E-state index is 12.4. The normalized spacial score (nSPS) is 51.0. The van der Waals surface area contributed by atoms with Gasteiger partial charge >= 0.3 is 0 Å². The Morgan fingerprint density at radius 2 is 0.814 bits per heavy atom. The van der Waals surface area contributed by atoms with Crippen molar-refractivity contribution in [3.05, 3.63) is 0 Å². The summed E-state index contributed by atoms with van der Waals surface area (Å²) >= 11 is 0. The molecule has 0 aromatic carbocycles. The monoisotopic (exact) mass is 869 g/mol. The Kier molecular flexibility index (Phi) is 17.1. The highest BCUT2D eigenvalue weighted by molar-refractivity contribution is 5.73. The molecule has 0 aromatic rings. The lowest BCUT2D eigenvalue weighted by Gasteiger charge is -2.50. The van der Waals surface area contributed by atoms with E-state index in [4.69, 9.17) is 42.6 Å². The lowest BCUT2D eigenvalue weighted by molar-refractivity contribution is -0.395. The minimum atomic E-state index is -2.14. The first-order valence-corrected chi connectivity index (χ1v) is 18.6. The van der Waals surface area contributed by atoms with E-state index in [0.29, 0.717) is 0 Å². The van der Waals surface area contributed by atoms with Crippen LogP contribution in [0.4, 0.5) is 0 Å². The van der Waals surface area contributed by atoms with Gasteiger partial charge in [-0.1, -0.05) is 0 Å². The molecule has 1 amide bonds. The van der Waals surface area contributed by atoms with Gasteiger partial charge in [-0.2, -0.15) is 0 Å². The minimum absolute atomic E-state index is 0.817. The zero-order valence-corrected chi connectivity index (χ0v) is 31.2. The topological polar surface area (TPSA) is 436 Å². The van der Waals surface area contributed by atoms with Gasteiger partial charge < -0.3 is 130 Å². The lowest BCUT2D eigenvalue weighted by atomic mass is 9.94. The number of rotatable bonds is 14. The molecule has 5 fully saturated rings. The fourth-order valence-corrected chi connectivity index (χ4v) is 7.41. The highest BCUT2D eigenvalue weighted by atomic mass is 16.8. The Balaban J connectivity index is 1.40. The molecule has 0 aliphatic carbocycles. The van der Waals surface area contributed by atoms with E-state index in [-0.39, 0.29) is 0 Å². The summed E-state index contributed by atoms with van der Waals surface area (Å²) < 4.78 is 50.4. The highest BCUT2D eigenvalue weighted by Crippen LogP contribution is 2.36. The molecule has 27 nitrogen and oxygen atoms in total. The Labute approximate surface area is 333 Å². The molecule has 17 N–H and O–H groups in total. The second-order valence-electron chi connectivity index (χ2n) is 14.7. The van der Waals surface area contributed by atoms with Crippen molar-refractivity contribution in [2.45, 2.75) is 160 Å². The second-order valence-corrected chi connectivity index (χ2v) is 14.7. The van der Waals surface area contributed by atoms with Crippen LogP contribution in [0.1, 0.15) is 6.92 Å². The van der Waals surface area contributed by atoms with Crippen LogP contribution in [0.25, 0.3) is 0 Å². The summed E-state index contributed by atoms with van der Waals surface area (Å²) in [5.41, 5.74) is 0. The molecule has 0 radical (unpaired) electrons. The zero-order valence-electron chi connectivity index (χ0n) is 31.2. The third-order valence-electron chi connectivity index (χ3n) is 10.7. The molecular formula is C32H55NO26. The van der Waals surface area contributed by atoms with Crippen LogP contribution in [0.15, 0.2) is 0 Å². The first kappa shape index (κ1) is 48.5. The SMILES string of the molecule is CC(=O)N[C@H]1[C@H](O[C@@H]2[C@@H](O[C@@H]3[C@H](O)[C@H](O[C@H]4[C@H](O)[C@@H](O)[C@H](O)O[C@@H]4CO)O[C@H](CO)[C@H]3O)O[C@H](CO)[C@@H](O)[C@@H]2O)O[C@H](CO)[C@@H](O[C@@H]2O[C@H](CO)[C@H](O)[C@H](O)[C@H]2O)[C@@H]1O. The third kappa shape index (κ3) is 10.2. The van der Waals surface area contributed by atoms with Gasteiger partial charge in [0, 0.05) is 6.92 Å². The van der Waals surface area contributed by atoms with E-state index in [0.717, 1.165) is 6.92 Å². The van der Waals surface area contributed by atoms with Crippen LogP contribution >= 0.6 is 0 Å². The molecular weight excluding hydrogens is 814 g/mol. The van der Waals surface area contributed by atoms with E-state index in [9.17, 15) is 86.5 Å². The quantitative estimate of drug-likeness (QED) is 0.0770. The van der Waals surface area contributed by atoms with Crippen molar-refractivity contribution < 1.29 is 129 Å². The lowest BCUT2D eigenvalue weighted by Crippen LogP contribution is -2.70. The number of hydrogen-bond acceptors (Lipinski definition) is 26. The molecule has 0 saturated carbocycles. The summed E-state index contributed by atoms with van der Waals surface area (Å²) in [6, 6.07) is -1.72. The Hall–Kier alpha value is -1.53. The summed E-state index contributed by atoms with van der Waals surface area (Å²) in [5.74, 6) is -0.817. The van der Waals surface area contributed by atoms with Gasteiger partial charge in [0.05, 0.1) is 33.0 Å². The molecule has 5 saturated heterocycles. The fourth-order valence-electron chi connectivity index (χ4n) is 7.41. The number of carbonyl (C=O) groups is 1. The van der Waals surface area contributed by atoms with E-state index in [1.807, 2.05) is 0 Å². The molecule has 344 valence electrons. The zero-order chi connectivity index (χ0) is 43.6. The first-order valence-electron chi connectivity index (χ1n) is 18.6. The van der Waals surface area contributed by atoms with Gasteiger partial charge in [0.15, 0.2) is 31.5 Å². The van der Waals surface area contributed by atoms with E-state index < -0.39 is 192 Å². The molecule has 5 heterocycles. The van der Waals surface area contributed by atoms with Gasteiger partial charge in [-0.15, -0.1) is 0 Å². The average Bonchev–Trinajstić information content (AvgIpc) is 3.21. The maximum Gasteiger partial charge on any atom is 0.217 e. The van der Waals surface area contributed by atoms with Crippen LogP contribution < -0.4 is 5.32 Å². The minimum Gasteiger partial charge on any atom is -0.394 e. The van der Waals surface area contributed by atoms with Crippen molar-refractivity contribution in [3.63, 3.8) is 0 Å². The molecule has 5 rings (SSSR count). The van der Waals surface area contributed by atoms with Gasteiger partial charge in [0.2, 0.25) is 5.91 Å². The van der Waals surface area contributed by atoms with Crippen LogP contribution in [-0.2, 0) is 47.4 Å². The molecule has 5 aliphatic rings.